The number of hydrogen-bond acceptors (Lipinski definition) is 3. The van der Waals surface area contributed by atoms with Gasteiger partial charge in [0.25, 0.3) is 5.84 Å². The molecule has 6 heteroatoms. The zero-order chi connectivity index (χ0) is 16.2. The highest BCUT2D eigenvalue weighted by atomic mass is 35.5. The quantitative estimate of drug-likeness (QED) is 0.773. The van der Waals surface area contributed by atoms with E-state index in [1.165, 1.54) is 24.1 Å². The van der Waals surface area contributed by atoms with Crippen LogP contribution in [-0.2, 0) is 0 Å². The maximum atomic E-state index is 6.11. The van der Waals surface area contributed by atoms with Crippen LogP contribution in [0.15, 0.2) is 34.2 Å². The van der Waals surface area contributed by atoms with Gasteiger partial charge in [-0.2, -0.15) is 0 Å². The molecule has 4 nitrogen and oxygen atoms in total. The van der Waals surface area contributed by atoms with Crippen molar-refractivity contribution in [1.82, 2.24) is 0 Å². The standard InChI is InChI=1S/C18H24N4S.ClH/c1-3-21(4-2)15-9-7-14(8-10-15)13-16-17(19)20-18(23-16)22-11-5-6-12-22;/h7-10,13,19H,3-6,11-12H2,1-2H3;1H/b16-13-;. The molecular weight excluding hydrogens is 340 g/mol. The normalized spacial score (nSPS) is 18.8. The summed E-state index contributed by atoms with van der Waals surface area (Å²) in [7, 11) is 0. The third-order valence-corrected chi connectivity index (χ3v) is 5.44. The predicted molar refractivity (Wildman–Crippen MR) is 101 cm³/mol. The highest BCUT2D eigenvalue weighted by Crippen LogP contribution is 2.29. The SMILES string of the molecule is CCN(CC)c1ccc(/C=C2\SC(=[N+]3CCCC3)N=C2N)cc1.[Cl-]. The molecule has 24 heavy (non-hydrogen) atoms. The molecule has 2 N–H and O–H groups in total. The molecule has 0 aliphatic carbocycles. The molecular formula is C18H25ClN4S. The van der Waals surface area contributed by atoms with Crippen molar-refractivity contribution in [2.45, 2.75) is 26.7 Å². The van der Waals surface area contributed by atoms with E-state index in [2.05, 4.69) is 58.7 Å². The number of anilines is 1. The number of aliphatic imine (C=N–C) groups is 1. The summed E-state index contributed by atoms with van der Waals surface area (Å²) in [4.78, 5) is 7.95. The Labute approximate surface area is 154 Å². The number of amidine groups is 2. The lowest BCUT2D eigenvalue weighted by molar-refractivity contribution is -0.503. The van der Waals surface area contributed by atoms with E-state index in [1.807, 2.05) is 0 Å². The van der Waals surface area contributed by atoms with Crippen molar-refractivity contribution in [2.75, 3.05) is 31.1 Å². The molecule has 130 valence electrons. The fourth-order valence-corrected chi connectivity index (χ4v) is 4.00. The zero-order valence-corrected chi connectivity index (χ0v) is 15.9. The Kier molecular flexibility index (Phi) is 6.75. The van der Waals surface area contributed by atoms with Crippen molar-refractivity contribution < 1.29 is 17.0 Å². The van der Waals surface area contributed by atoms with Gasteiger partial charge in [0.15, 0.2) is 0 Å². The number of benzene rings is 1. The molecule has 2 aliphatic rings. The Hall–Kier alpha value is -1.46. The molecule has 0 radical (unpaired) electrons. The van der Waals surface area contributed by atoms with Gasteiger partial charge in [0.2, 0.25) is 0 Å². The van der Waals surface area contributed by atoms with E-state index in [4.69, 9.17) is 5.73 Å². The molecule has 2 heterocycles. The lowest BCUT2D eigenvalue weighted by Gasteiger charge is -2.20. The van der Waals surface area contributed by atoms with Gasteiger partial charge in [-0.25, -0.2) is 0 Å². The molecule has 3 rings (SSSR count). The average molecular weight is 365 g/mol. The first kappa shape index (κ1) is 18.9. The van der Waals surface area contributed by atoms with Gasteiger partial charge in [0.05, 0.1) is 18.0 Å². The van der Waals surface area contributed by atoms with Gasteiger partial charge in [0, 0.05) is 30.5 Å². The van der Waals surface area contributed by atoms with E-state index in [9.17, 15) is 0 Å². The Bertz CT molecular complexity index is 652. The van der Waals surface area contributed by atoms with Gasteiger partial charge in [-0.15, -0.1) is 0 Å². The van der Waals surface area contributed by atoms with Crippen LogP contribution in [-0.4, -0.2) is 41.8 Å². The van der Waals surface area contributed by atoms with Crippen molar-refractivity contribution >= 4 is 34.5 Å². The van der Waals surface area contributed by atoms with Crippen molar-refractivity contribution in [3.63, 3.8) is 0 Å². The van der Waals surface area contributed by atoms with Crippen LogP contribution in [0.5, 0.6) is 0 Å². The van der Waals surface area contributed by atoms with Crippen molar-refractivity contribution in [3.05, 3.63) is 34.7 Å². The number of thioether (sulfide) groups is 1. The largest absolute Gasteiger partial charge is 1.00 e. The number of nitrogens with two attached hydrogens (primary N) is 1. The van der Waals surface area contributed by atoms with E-state index in [0.29, 0.717) is 5.84 Å². The fourth-order valence-electron chi connectivity index (χ4n) is 3.00. The van der Waals surface area contributed by atoms with Crippen LogP contribution in [0, 0.1) is 0 Å². The second-order valence-electron chi connectivity index (χ2n) is 5.85. The van der Waals surface area contributed by atoms with Gasteiger partial charge in [-0.1, -0.05) is 12.1 Å². The first-order valence-electron chi connectivity index (χ1n) is 8.42. The summed E-state index contributed by atoms with van der Waals surface area (Å²) in [6.45, 7) is 8.62. The number of hydrogen-bond donors (Lipinski definition) is 1. The van der Waals surface area contributed by atoms with E-state index in [1.54, 1.807) is 11.8 Å². The van der Waals surface area contributed by atoms with E-state index in [-0.39, 0.29) is 12.4 Å². The van der Waals surface area contributed by atoms with Crippen LogP contribution in [0.1, 0.15) is 32.3 Å². The molecule has 1 aromatic rings. The van der Waals surface area contributed by atoms with Crippen LogP contribution in [0.3, 0.4) is 0 Å². The Morgan fingerprint density at radius 2 is 1.79 bits per heavy atom. The van der Waals surface area contributed by atoms with E-state index in [0.717, 1.165) is 36.3 Å². The van der Waals surface area contributed by atoms with E-state index < -0.39 is 0 Å². The second kappa shape index (κ2) is 8.58. The van der Waals surface area contributed by atoms with Crippen LogP contribution in [0.2, 0.25) is 0 Å². The zero-order valence-electron chi connectivity index (χ0n) is 14.3. The maximum absolute atomic E-state index is 6.11. The first-order valence-corrected chi connectivity index (χ1v) is 9.24. The van der Waals surface area contributed by atoms with Gasteiger partial charge < -0.3 is 23.0 Å². The van der Waals surface area contributed by atoms with Gasteiger partial charge >= 0.3 is 5.17 Å². The Balaban J connectivity index is 0.00000208. The summed E-state index contributed by atoms with van der Waals surface area (Å²) in [5, 5.41) is 1.06. The van der Waals surface area contributed by atoms with Crippen LogP contribution < -0.4 is 23.0 Å². The maximum Gasteiger partial charge on any atom is 0.362 e. The molecule has 0 bridgehead atoms. The summed E-state index contributed by atoms with van der Waals surface area (Å²) in [5.41, 5.74) is 8.55. The van der Waals surface area contributed by atoms with Crippen LogP contribution >= 0.6 is 11.8 Å². The van der Waals surface area contributed by atoms with E-state index >= 15 is 0 Å². The lowest BCUT2D eigenvalue weighted by Crippen LogP contribution is -3.00. The predicted octanol–water partition coefficient (Wildman–Crippen LogP) is 0.144. The average Bonchev–Trinajstić information content (AvgIpc) is 3.21. The van der Waals surface area contributed by atoms with Gasteiger partial charge in [-0.05, 0) is 55.5 Å². The second-order valence-corrected chi connectivity index (χ2v) is 6.86. The molecule has 0 atom stereocenters. The van der Waals surface area contributed by atoms with Crippen LogP contribution in [0.4, 0.5) is 5.69 Å². The summed E-state index contributed by atoms with van der Waals surface area (Å²) in [6, 6.07) is 8.67. The minimum atomic E-state index is 0. The third kappa shape index (κ3) is 4.14. The monoisotopic (exact) mass is 364 g/mol. The Morgan fingerprint density at radius 3 is 2.38 bits per heavy atom. The lowest BCUT2D eigenvalue weighted by atomic mass is 10.1. The first-order chi connectivity index (χ1) is 11.2. The van der Waals surface area contributed by atoms with Gasteiger partial charge in [0.1, 0.15) is 0 Å². The van der Waals surface area contributed by atoms with Crippen molar-refractivity contribution in [1.29, 1.82) is 0 Å². The molecule has 0 spiro atoms. The summed E-state index contributed by atoms with van der Waals surface area (Å²) in [6.07, 6.45) is 4.65. The molecule has 0 amide bonds. The molecule has 1 saturated heterocycles. The molecule has 1 fully saturated rings. The van der Waals surface area contributed by atoms with Gasteiger partial charge in [-0.3, -0.25) is 4.58 Å². The summed E-state index contributed by atoms with van der Waals surface area (Å²) >= 11 is 1.69. The third-order valence-electron chi connectivity index (χ3n) is 4.37. The highest BCUT2D eigenvalue weighted by Gasteiger charge is 2.30. The molecule has 1 aromatic carbocycles. The minimum Gasteiger partial charge on any atom is -1.00 e. The fraction of sp³-hybridized carbons (Fsp3) is 0.444. The number of rotatable bonds is 4. The summed E-state index contributed by atoms with van der Waals surface area (Å²) in [5.74, 6) is 0.643. The smallest absolute Gasteiger partial charge is 0.362 e. The minimum absolute atomic E-state index is 0. The van der Waals surface area contributed by atoms with Crippen LogP contribution in [0.25, 0.3) is 6.08 Å². The van der Waals surface area contributed by atoms with Crippen molar-refractivity contribution in [3.8, 4) is 0 Å². The molecule has 0 saturated carbocycles. The summed E-state index contributed by atoms with van der Waals surface area (Å²) < 4.78 is 2.34. The molecule has 0 unspecified atom stereocenters. The molecule has 2 aliphatic heterocycles. The Morgan fingerprint density at radius 1 is 1.17 bits per heavy atom. The number of nitrogens with zero attached hydrogens (tertiary/aromatic N) is 3. The van der Waals surface area contributed by atoms with Crippen molar-refractivity contribution in [2.24, 2.45) is 10.7 Å². The highest BCUT2D eigenvalue weighted by molar-refractivity contribution is 8.18. The topological polar surface area (TPSA) is 44.6 Å². The number of halogens is 1. The molecule has 0 aromatic heterocycles.